The number of ether oxygens (including phenoxy) is 1. The maximum Gasteiger partial charge on any atom is 0.333 e. The van der Waals surface area contributed by atoms with E-state index in [-0.39, 0.29) is 12.1 Å². The first-order valence-corrected chi connectivity index (χ1v) is 9.19. The molecule has 0 aromatic carbocycles. The first kappa shape index (κ1) is 15.3. The summed E-state index contributed by atoms with van der Waals surface area (Å²) in [7, 11) is 0. The molecule has 2 saturated carbocycles. The van der Waals surface area contributed by atoms with E-state index in [1.54, 1.807) is 5.57 Å². The molecule has 5 atom stereocenters. The van der Waals surface area contributed by atoms with Gasteiger partial charge in [0, 0.05) is 12.0 Å². The molecule has 3 aliphatic rings. The fraction of sp³-hybridized carbons (Fsp3) is 0.722. The Kier molecular flexibility index (Phi) is 4.58. The Morgan fingerprint density at radius 3 is 2.90 bits per heavy atom. The minimum atomic E-state index is -0.182. The minimum Gasteiger partial charge on any atom is -0.459 e. The molecule has 0 amide bonds. The van der Waals surface area contributed by atoms with Crippen LogP contribution in [0.15, 0.2) is 22.7 Å². The summed E-state index contributed by atoms with van der Waals surface area (Å²) in [5.41, 5.74) is 2.28. The topological polar surface area (TPSA) is 26.3 Å². The SMILES string of the molecule is C=C1C[C@H](C[C@@H](C)[C@H]2CCC3C(=CBr)CCCC32)OC1=O. The van der Waals surface area contributed by atoms with Crippen LogP contribution in [-0.2, 0) is 9.53 Å². The number of allylic oxidation sites excluding steroid dienone is 1. The molecular formula is C18H25BrO2. The highest BCUT2D eigenvalue weighted by molar-refractivity contribution is 9.11. The number of hydrogen-bond acceptors (Lipinski definition) is 2. The second kappa shape index (κ2) is 6.28. The van der Waals surface area contributed by atoms with Gasteiger partial charge in [-0.1, -0.05) is 35.0 Å². The first-order valence-electron chi connectivity index (χ1n) is 8.28. The molecule has 2 aliphatic carbocycles. The van der Waals surface area contributed by atoms with E-state index in [9.17, 15) is 4.79 Å². The summed E-state index contributed by atoms with van der Waals surface area (Å²) in [4.78, 5) is 13.6. The second-order valence-corrected chi connectivity index (χ2v) is 7.59. The lowest BCUT2D eigenvalue weighted by Gasteiger charge is -2.34. The van der Waals surface area contributed by atoms with Crippen LogP contribution in [0.5, 0.6) is 0 Å². The molecule has 2 nitrogen and oxygen atoms in total. The molecule has 116 valence electrons. The Morgan fingerprint density at radius 2 is 2.24 bits per heavy atom. The van der Waals surface area contributed by atoms with Crippen molar-refractivity contribution in [3.63, 3.8) is 0 Å². The zero-order valence-electron chi connectivity index (χ0n) is 12.8. The summed E-state index contributed by atoms with van der Waals surface area (Å²) in [6, 6.07) is 0. The molecule has 3 rings (SSSR count). The summed E-state index contributed by atoms with van der Waals surface area (Å²) < 4.78 is 5.42. The van der Waals surface area contributed by atoms with Crippen molar-refractivity contribution in [2.75, 3.05) is 0 Å². The maximum atomic E-state index is 11.5. The Morgan fingerprint density at radius 1 is 1.43 bits per heavy atom. The number of halogens is 1. The van der Waals surface area contributed by atoms with Crippen molar-refractivity contribution in [1.29, 1.82) is 0 Å². The van der Waals surface area contributed by atoms with Gasteiger partial charge in [-0.05, 0) is 67.2 Å². The van der Waals surface area contributed by atoms with Crippen LogP contribution in [0.3, 0.4) is 0 Å². The largest absolute Gasteiger partial charge is 0.459 e. The Labute approximate surface area is 136 Å². The normalized spacial score (nSPS) is 39.4. The highest BCUT2D eigenvalue weighted by Gasteiger charge is 2.42. The molecule has 0 spiro atoms. The van der Waals surface area contributed by atoms with Crippen LogP contribution in [0.1, 0.15) is 51.9 Å². The summed E-state index contributed by atoms with van der Waals surface area (Å²) in [6.07, 6.45) is 8.47. The van der Waals surface area contributed by atoms with Crippen LogP contribution in [0.2, 0.25) is 0 Å². The Balaban J connectivity index is 1.62. The van der Waals surface area contributed by atoms with E-state index in [1.807, 2.05) is 0 Å². The lowest BCUT2D eigenvalue weighted by molar-refractivity contribution is -0.139. The summed E-state index contributed by atoms with van der Waals surface area (Å²) in [5, 5.41) is 0. The van der Waals surface area contributed by atoms with Crippen molar-refractivity contribution < 1.29 is 9.53 Å². The highest BCUT2D eigenvalue weighted by Crippen LogP contribution is 2.52. The molecule has 3 heteroatoms. The first-order chi connectivity index (χ1) is 10.1. The van der Waals surface area contributed by atoms with Crippen molar-refractivity contribution >= 4 is 21.9 Å². The van der Waals surface area contributed by atoms with E-state index in [0.717, 1.165) is 30.6 Å². The zero-order valence-corrected chi connectivity index (χ0v) is 14.4. The molecule has 0 aromatic heterocycles. The minimum absolute atomic E-state index is 0.0776. The number of fused-ring (bicyclic) bond motifs is 1. The molecule has 1 saturated heterocycles. The predicted molar refractivity (Wildman–Crippen MR) is 88.0 cm³/mol. The summed E-state index contributed by atoms with van der Waals surface area (Å²) in [6.45, 7) is 6.14. The van der Waals surface area contributed by atoms with Crippen LogP contribution in [0.25, 0.3) is 0 Å². The van der Waals surface area contributed by atoms with Crippen molar-refractivity contribution in [2.45, 2.75) is 58.0 Å². The lowest BCUT2D eigenvalue weighted by Crippen LogP contribution is -2.27. The van der Waals surface area contributed by atoms with Crippen molar-refractivity contribution in [1.82, 2.24) is 0 Å². The van der Waals surface area contributed by atoms with Gasteiger partial charge in [0.2, 0.25) is 0 Å². The van der Waals surface area contributed by atoms with Gasteiger partial charge in [0.15, 0.2) is 0 Å². The third kappa shape index (κ3) is 2.99. The van der Waals surface area contributed by atoms with Gasteiger partial charge in [-0.15, -0.1) is 0 Å². The average Bonchev–Trinajstić information content (AvgIpc) is 3.02. The average molecular weight is 353 g/mol. The standard InChI is InChI=1S/C18H25BrO2/c1-11(8-14-9-12(2)18(20)21-14)15-6-7-16-13(10-19)4-3-5-17(15)16/h10-11,14-17H,2-9H2,1H3/t11-,14+,15-,16?,17?/m1/s1. The molecule has 1 heterocycles. The van der Waals surface area contributed by atoms with Gasteiger partial charge in [0.1, 0.15) is 6.10 Å². The number of hydrogen-bond donors (Lipinski definition) is 0. The van der Waals surface area contributed by atoms with Crippen LogP contribution < -0.4 is 0 Å². The molecule has 0 radical (unpaired) electrons. The van der Waals surface area contributed by atoms with Gasteiger partial charge in [-0.2, -0.15) is 0 Å². The van der Waals surface area contributed by atoms with E-state index >= 15 is 0 Å². The molecule has 21 heavy (non-hydrogen) atoms. The van der Waals surface area contributed by atoms with Crippen molar-refractivity contribution in [2.24, 2.45) is 23.7 Å². The Hall–Kier alpha value is -0.570. The lowest BCUT2D eigenvalue weighted by atomic mass is 9.71. The fourth-order valence-corrected chi connectivity index (χ4v) is 5.47. The van der Waals surface area contributed by atoms with Crippen LogP contribution in [0, 0.1) is 23.7 Å². The number of carbonyl (C=O) groups excluding carboxylic acids is 1. The quantitative estimate of drug-likeness (QED) is 0.528. The second-order valence-electron chi connectivity index (χ2n) is 7.14. The number of cyclic esters (lactones) is 1. The van der Waals surface area contributed by atoms with Crippen molar-refractivity contribution in [3.05, 3.63) is 22.7 Å². The van der Waals surface area contributed by atoms with Crippen LogP contribution in [0.4, 0.5) is 0 Å². The number of esters is 1. The molecular weight excluding hydrogens is 328 g/mol. The monoisotopic (exact) mass is 352 g/mol. The van der Waals surface area contributed by atoms with Gasteiger partial charge in [-0.25, -0.2) is 4.79 Å². The van der Waals surface area contributed by atoms with Gasteiger partial charge in [0.25, 0.3) is 0 Å². The van der Waals surface area contributed by atoms with Gasteiger partial charge < -0.3 is 4.74 Å². The number of carbonyl (C=O) groups is 1. The molecule has 1 aliphatic heterocycles. The van der Waals surface area contributed by atoms with Gasteiger partial charge in [-0.3, -0.25) is 0 Å². The van der Waals surface area contributed by atoms with E-state index in [2.05, 4.69) is 34.4 Å². The zero-order chi connectivity index (χ0) is 15.0. The number of rotatable bonds is 3. The van der Waals surface area contributed by atoms with E-state index < -0.39 is 0 Å². The molecule has 0 N–H and O–H groups in total. The fourth-order valence-electron chi connectivity index (χ4n) is 4.90. The van der Waals surface area contributed by atoms with Crippen LogP contribution in [-0.4, -0.2) is 12.1 Å². The predicted octanol–water partition coefficient (Wildman–Crippen LogP) is 4.99. The van der Waals surface area contributed by atoms with Gasteiger partial charge in [0.05, 0.1) is 0 Å². The van der Waals surface area contributed by atoms with E-state index in [4.69, 9.17) is 4.74 Å². The summed E-state index contributed by atoms with van der Waals surface area (Å²) in [5.74, 6) is 2.90. The Bertz CT molecular complexity index is 452. The van der Waals surface area contributed by atoms with Crippen molar-refractivity contribution in [3.8, 4) is 0 Å². The molecule has 2 unspecified atom stereocenters. The summed E-state index contributed by atoms with van der Waals surface area (Å²) >= 11 is 3.56. The van der Waals surface area contributed by atoms with Crippen LogP contribution >= 0.6 is 15.9 Å². The molecule has 0 bridgehead atoms. The smallest absolute Gasteiger partial charge is 0.333 e. The third-order valence-electron chi connectivity index (χ3n) is 5.90. The highest BCUT2D eigenvalue weighted by atomic mass is 79.9. The molecule has 3 fully saturated rings. The van der Waals surface area contributed by atoms with Gasteiger partial charge >= 0.3 is 5.97 Å². The third-order valence-corrected chi connectivity index (χ3v) is 6.49. The van der Waals surface area contributed by atoms with E-state index in [1.165, 1.54) is 32.1 Å². The molecule has 0 aromatic rings. The maximum absolute atomic E-state index is 11.5. The van der Waals surface area contributed by atoms with E-state index in [0.29, 0.717) is 11.5 Å².